The second-order valence-electron chi connectivity index (χ2n) is 7.84. The molecule has 32 heavy (non-hydrogen) atoms. The van der Waals surface area contributed by atoms with E-state index in [9.17, 15) is 22.0 Å². The summed E-state index contributed by atoms with van der Waals surface area (Å²) < 4.78 is 55.1. The first kappa shape index (κ1) is 22.7. The molecule has 1 aliphatic rings. The molecule has 0 radical (unpaired) electrons. The molecule has 1 amide bonds. The van der Waals surface area contributed by atoms with Gasteiger partial charge in [-0.2, -0.15) is 16.9 Å². The number of carbonyl (C=O) groups is 1. The van der Waals surface area contributed by atoms with Crippen LogP contribution in [0.1, 0.15) is 18.4 Å². The van der Waals surface area contributed by atoms with Crippen molar-refractivity contribution in [1.29, 1.82) is 0 Å². The molecule has 4 rings (SSSR count). The van der Waals surface area contributed by atoms with E-state index in [0.29, 0.717) is 6.42 Å². The number of rotatable bonds is 6. The average molecular weight is 477 g/mol. The summed E-state index contributed by atoms with van der Waals surface area (Å²) >= 11 is 4.44. The SMILES string of the molecule is O=C(C[C@@H]1C[C@@H](S)CN1S(=O)(=O)c1ccc2ccccc2c1)NCc1cc(F)ccc1F. The molecule has 1 saturated heterocycles. The van der Waals surface area contributed by atoms with E-state index >= 15 is 0 Å². The van der Waals surface area contributed by atoms with Gasteiger partial charge in [0.1, 0.15) is 11.6 Å². The van der Waals surface area contributed by atoms with Crippen molar-refractivity contribution in [2.24, 2.45) is 0 Å². The third-order valence-corrected chi connectivity index (χ3v) is 7.86. The number of halogens is 2. The summed E-state index contributed by atoms with van der Waals surface area (Å²) in [4.78, 5) is 12.6. The summed E-state index contributed by atoms with van der Waals surface area (Å²) in [6.45, 7) is 0.00557. The minimum atomic E-state index is -3.84. The van der Waals surface area contributed by atoms with E-state index in [2.05, 4.69) is 17.9 Å². The van der Waals surface area contributed by atoms with E-state index in [0.717, 1.165) is 29.0 Å². The highest BCUT2D eigenvalue weighted by atomic mass is 32.2. The van der Waals surface area contributed by atoms with Crippen LogP contribution < -0.4 is 5.32 Å². The number of fused-ring (bicyclic) bond motifs is 1. The van der Waals surface area contributed by atoms with Gasteiger partial charge in [0.15, 0.2) is 0 Å². The second kappa shape index (κ2) is 9.17. The molecule has 5 nitrogen and oxygen atoms in total. The van der Waals surface area contributed by atoms with E-state index in [1.165, 1.54) is 4.31 Å². The number of hydrogen-bond donors (Lipinski definition) is 2. The van der Waals surface area contributed by atoms with Crippen LogP contribution in [0, 0.1) is 11.6 Å². The van der Waals surface area contributed by atoms with Crippen molar-refractivity contribution in [3.63, 3.8) is 0 Å². The molecule has 0 bridgehead atoms. The molecule has 0 spiro atoms. The van der Waals surface area contributed by atoms with Gasteiger partial charge in [0.05, 0.1) is 4.90 Å². The van der Waals surface area contributed by atoms with E-state index in [1.54, 1.807) is 18.2 Å². The van der Waals surface area contributed by atoms with Crippen LogP contribution in [0.2, 0.25) is 0 Å². The number of thiol groups is 1. The summed E-state index contributed by atoms with van der Waals surface area (Å²) in [6.07, 6.45) is 0.318. The van der Waals surface area contributed by atoms with Gasteiger partial charge in [-0.15, -0.1) is 0 Å². The van der Waals surface area contributed by atoms with Crippen LogP contribution in [0.15, 0.2) is 65.6 Å². The number of nitrogens with zero attached hydrogens (tertiary/aromatic N) is 1. The van der Waals surface area contributed by atoms with Gasteiger partial charge in [-0.25, -0.2) is 17.2 Å². The van der Waals surface area contributed by atoms with Crippen molar-refractivity contribution in [3.8, 4) is 0 Å². The summed E-state index contributed by atoms with van der Waals surface area (Å²) in [6, 6.07) is 14.9. The monoisotopic (exact) mass is 476 g/mol. The van der Waals surface area contributed by atoms with E-state index in [1.807, 2.05) is 24.3 Å². The van der Waals surface area contributed by atoms with Crippen LogP contribution in [0.3, 0.4) is 0 Å². The molecule has 0 aromatic heterocycles. The lowest BCUT2D eigenvalue weighted by Gasteiger charge is -2.24. The lowest BCUT2D eigenvalue weighted by Crippen LogP contribution is -2.39. The van der Waals surface area contributed by atoms with Gasteiger partial charge in [-0.3, -0.25) is 4.79 Å². The fourth-order valence-corrected chi connectivity index (χ4v) is 6.21. The maximum absolute atomic E-state index is 13.8. The highest BCUT2D eigenvalue weighted by molar-refractivity contribution is 7.89. The number of sulfonamides is 1. The van der Waals surface area contributed by atoms with Gasteiger partial charge in [-0.1, -0.05) is 30.3 Å². The molecule has 3 aromatic rings. The Kier molecular flexibility index (Phi) is 6.50. The van der Waals surface area contributed by atoms with Gasteiger partial charge in [0, 0.05) is 36.4 Å². The van der Waals surface area contributed by atoms with Crippen molar-refractivity contribution in [2.75, 3.05) is 6.54 Å². The first-order valence-corrected chi connectivity index (χ1v) is 12.1. The molecule has 2 atom stereocenters. The Labute approximate surface area is 190 Å². The Bertz CT molecular complexity index is 1270. The molecule has 1 aliphatic heterocycles. The minimum Gasteiger partial charge on any atom is -0.352 e. The molecule has 0 aliphatic carbocycles. The third-order valence-electron chi connectivity index (χ3n) is 5.57. The Hall–Kier alpha value is -2.49. The largest absolute Gasteiger partial charge is 0.352 e. The standard InChI is InChI=1S/C23H22F2N2O3S2/c24-18-6-8-22(25)17(9-18)13-26-23(28)12-19-11-20(31)14-27(19)32(29,30)21-7-5-15-3-1-2-4-16(15)10-21/h1-10,19-20,31H,11-14H2,(H,26,28)/t19-,20+/m0/s1. The van der Waals surface area contributed by atoms with Crippen molar-refractivity contribution < 1.29 is 22.0 Å². The number of benzene rings is 3. The normalized spacial score (nSPS) is 19.3. The molecule has 3 aromatic carbocycles. The number of amides is 1. The van der Waals surface area contributed by atoms with Crippen LogP contribution in [0.25, 0.3) is 10.8 Å². The van der Waals surface area contributed by atoms with Crippen LogP contribution in [-0.4, -0.2) is 36.5 Å². The highest BCUT2D eigenvalue weighted by Gasteiger charge is 2.40. The van der Waals surface area contributed by atoms with Crippen molar-refractivity contribution in [2.45, 2.75) is 35.6 Å². The number of nitrogens with one attached hydrogen (secondary N) is 1. The molecule has 0 unspecified atom stereocenters. The van der Waals surface area contributed by atoms with Gasteiger partial charge in [-0.05, 0) is 47.5 Å². The molecule has 168 valence electrons. The van der Waals surface area contributed by atoms with E-state index < -0.39 is 33.6 Å². The minimum absolute atomic E-state index is 0.0254. The van der Waals surface area contributed by atoms with Crippen molar-refractivity contribution in [3.05, 3.63) is 77.9 Å². The summed E-state index contributed by atoms with van der Waals surface area (Å²) in [7, 11) is -3.84. The van der Waals surface area contributed by atoms with Crippen molar-refractivity contribution in [1.82, 2.24) is 9.62 Å². The smallest absolute Gasteiger partial charge is 0.243 e. The molecule has 9 heteroatoms. The Morgan fingerprint density at radius 3 is 2.59 bits per heavy atom. The fourth-order valence-electron chi connectivity index (χ4n) is 3.96. The zero-order valence-electron chi connectivity index (χ0n) is 17.0. The first-order chi connectivity index (χ1) is 15.2. The van der Waals surface area contributed by atoms with Gasteiger partial charge >= 0.3 is 0 Å². The molecular formula is C23H22F2N2O3S2. The molecule has 0 saturated carbocycles. The maximum atomic E-state index is 13.8. The Morgan fingerprint density at radius 2 is 1.81 bits per heavy atom. The third kappa shape index (κ3) is 4.79. The molecule has 1 heterocycles. The fraction of sp³-hybridized carbons (Fsp3) is 0.261. The van der Waals surface area contributed by atoms with E-state index in [-0.39, 0.29) is 35.2 Å². The van der Waals surface area contributed by atoms with Gasteiger partial charge < -0.3 is 5.32 Å². The Morgan fingerprint density at radius 1 is 1.06 bits per heavy atom. The average Bonchev–Trinajstić information content (AvgIpc) is 3.14. The van der Waals surface area contributed by atoms with Crippen LogP contribution >= 0.6 is 12.6 Å². The van der Waals surface area contributed by atoms with Gasteiger partial charge in [0.2, 0.25) is 15.9 Å². The lowest BCUT2D eigenvalue weighted by atomic mass is 10.1. The van der Waals surface area contributed by atoms with Crippen molar-refractivity contribution >= 4 is 39.3 Å². The van der Waals surface area contributed by atoms with Crippen LogP contribution in [-0.2, 0) is 21.4 Å². The zero-order valence-corrected chi connectivity index (χ0v) is 18.8. The lowest BCUT2D eigenvalue weighted by molar-refractivity contribution is -0.122. The highest BCUT2D eigenvalue weighted by Crippen LogP contribution is 2.31. The van der Waals surface area contributed by atoms with E-state index in [4.69, 9.17) is 0 Å². The molecular weight excluding hydrogens is 454 g/mol. The molecule has 1 N–H and O–H groups in total. The topological polar surface area (TPSA) is 66.5 Å². The molecule has 1 fully saturated rings. The number of carbonyl (C=O) groups excluding carboxylic acids is 1. The predicted molar refractivity (Wildman–Crippen MR) is 122 cm³/mol. The zero-order chi connectivity index (χ0) is 22.9. The first-order valence-electron chi connectivity index (χ1n) is 10.1. The Balaban J connectivity index is 1.49. The second-order valence-corrected chi connectivity index (χ2v) is 10.5. The predicted octanol–water partition coefficient (Wildman–Crippen LogP) is 3.89. The quantitative estimate of drug-likeness (QED) is 0.531. The summed E-state index contributed by atoms with van der Waals surface area (Å²) in [5, 5.41) is 4.09. The maximum Gasteiger partial charge on any atom is 0.243 e. The van der Waals surface area contributed by atoms with Crippen LogP contribution in [0.4, 0.5) is 8.78 Å². The number of hydrogen-bond acceptors (Lipinski definition) is 4. The summed E-state index contributed by atoms with van der Waals surface area (Å²) in [5.41, 5.74) is 0.0254. The summed E-state index contributed by atoms with van der Waals surface area (Å²) in [5.74, 6) is -1.67. The van der Waals surface area contributed by atoms with Gasteiger partial charge in [0.25, 0.3) is 0 Å². The van der Waals surface area contributed by atoms with Crippen LogP contribution in [0.5, 0.6) is 0 Å².